The zero-order chi connectivity index (χ0) is 24.5. The van der Waals surface area contributed by atoms with Crippen LogP contribution in [0.5, 0.6) is 5.75 Å². The van der Waals surface area contributed by atoms with Gasteiger partial charge in [0.1, 0.15) is 5.75 Å². The van der Waals surface area contributed by atoms with Gasteiger partial charge in [-0.1, -0.05) is 72.8 Å². The van der Waals surface area contributed by atoms with Crippen LogP contribution < -0.4 is 10.1 Å². The highest BCUT2D eigenvalue weighted by atomic mass is 16.5. The maximum Gasteiger partial charge on any atom is 0.246 e. The van der Waals surface area contributed by atoms with E-state index in [0.29, 0.717) is 32.5 Å². The van der Waals surface area contributed by atoms with E-state index in [1.807, 2.05) is 103 Å². The fourth-order valence-corrected chi connectivity index (χ4v) is 4.39. The number of carbonyl (C=O) groups excluding carboxylic acids is 2. The molecule has 0 bridgehead atoms. The van der Waals surface area contributed by atoms with Crippen molar-refractivity contribution in [1.82, 2.24) is 10.2 Å². The van der Waals surface area contributed by atoms with Crippen LogP contribution in [0.4, 0.5) is 0 Å². The molecule has 3 aromatic carbocycles. The Kier molecular flexibility index (Phi) is 8.34. The first-order chi connectivity index (χ1) is 17.1. The van der Waals surface area contributed by atoms with Gasteiger partial charge in [-0.2, -0.15) is 0 Å². The summed E-state index contributed by atoms with van der Waals surface area (Å²) in [6, 6.07) is 27.4. The molecule has 1 atom stereocenters. The Balaban J connectivity index is 1.38. The van der Waals surface area contributed by atoms with Gasteiger partial charge in [0.25, 0.3) is 0 Å². The van der Waals surface area contributed by atoms with Crippen molar-refractivity contribution in [1.29, 1.82) is 0 Å². The van der Waals surface area contributed by atoms with Gasteiger partial charge in [-0.05, 0) is 54.7 Å². The van der Waals surface area contributed by atoms with E-state index in [-0.39, 0.29) is 23.8 Å². The molecule has 1 heterocycles. The van der Waals surface area contributed by atoms with Crippen molar-refractivity contribution in [2.75, 3.05) is 19.7 Å². The molecule has 0 saturated carbocycles. The van der Waals surface area contributed by atoms with Crippen molar-refractivity contribution in [3.8, 4) is 5.75 Å². The van der Waals surface area contributed by atoms with E-state index in [9.17, 15) is 9.59 Å². The molecule has 2 amide bonds. The minimum atomic E-state index is -0.243. The van der Waals surface area contributed by atoms with E-state index in [0.717, 1.165) is 22.4 Å². The molecule has 1 N–H and O–H groups in total. The van der Waals surface area contributed by atoms with Gasteiger partial charge in [0, 0.05) is 25.1 Å². The van der Waals surface area contributed by atoms with E-state index >= 15 is 0 Å². The summed E-state index contributed by atoms with van der Waals surface area (Å²) in [6.45, 7) is 3.73. The van der Waals surface area contributed by atoms with Crippen LogP contribution in [0.2, 0.25) is 0 Å². The monoisotopic (exact) mass is 468 g/mol. The number of nitrogens with one attached hydrogen (secondary N) is 1. The largest absolute Gasteiger partial charge is 0.494 e. The van der Waals surface area contributed by atoms with E-state index in [1.54, 1.807) is 6.08 Å². The van der Waals surface area contributed by atoms with Gasteiger partial charge in [0.2, 0.25) is 11.8 Å². The van der Waals surface area contributed by atoms with Crippen LogP contribution in [0, 0.1) is 5.92 Å². The third-order valence-corrected chi connectivity index (χ3v) is 6.34. The molecule has 4 rings (SSSR count). The maximum atomic E-state index is 13.3. The molecular formula is C30H32N2O3. The van der Waals surface area contributed by atoms with E-state index in [4.69, 9.17) is 4.74 Å². The van der Waals surface area contributed by atoms with Gasteiger partial charge in [-0.25, -0.2) is 0 Å². The SMILES string of the molecule is CCOc1ccc(C(NC(=O)C2CCN(C(=O)/C=C/c3ccccc3)CC2)c2ccccc2)cc1. The standard InChI is InChI=1S/C30H32N2O3/c1-2-35-27-16-14-25(15-17-27)29(24-11-7-4-8-12-24)31-30(34)26-19-21-32(22-20-26)28(33)18-13-23-9-5-3-6-10-23/h3-18,26,29H,2,19-22H2,1H3,(H,31,34)/b18-13+. The van der Waals surface area contributed by atoms with Crippen LogP contribution in [-0.2, 0) is 9.59 Å². The molecule has 0 aliphatic carbocycles. The fourth-order valence-electron chi connectivity index (χ4n) is 4.39. The van der Waals surface area contributed by atoms with Gasteiger partial charge in [0.05, 0.1) is 12.6 Å². The van der Waals surface area contributed by atoms with E-state index in [2.05, 4.69) is 5.32 Å². The number of hydrogen-bond acceptors (Lipinski definition) is 3. The highest BCUT2D eigenvalue weighted by molar-refractivity contribution is 5.92. The number of hydrogen-bond donors (Lipinski definition) is 1. The Morgan fingerprint density at radius 1 is 0.914 bits per heavy atom. The molecule has 1 saturated heterocycles. The summed E-state index contributed by atoms with van der Waals surface area (Å²) < 4.78 is 5.57. The smallest absolute Gasteiger partial charge is 0.246 e. The second-order valence-corrected chi connectivity index (χ2v) is 8.70. The first-order valence-corrected chi connectivity index (χ1v) is 12.2. The highest BCUT2D eigenvalue weighted by Gasteiger charge is 2.28. The Bertz CT molecular complexity index is 1120. The highest BCUT2D eigenvalue weighted by Crippen LogP contribution is 2.26. The first-order valence-electron chi connectivity index (χ1n) is 12.2. The Morgan fingerprint density at radius 2 is 1.51 bits per heavy atom. The van der Waals surface area contributed by atoms with Crippen molar-refractivity contribution >= 4 is 17.9 Å². The average molecular weight is 469 g/mol. The summed E-state index contributed by atoms with van der Waals surface area (Å²) >= 11 is 0. The van der Waals surface area contributed by atoms with Crippen molar-refractivity contribution in [2.45, 2.75) is 25.8 Å². The van der Waals surface area contributed by atoms with Gasteiger partial charge in [0.15, 0.2) is 0 Å². The first kappa shape index (κ1) is 24.3. The number of carbonyl (C=O) groups is 2. The number of likely N-dealkylation sites (tertiary alicyclic amines) is 1. The van der Waals surface area contributed by atoms with Crippen LogP contribution in [0.3, 0.4) is 0 Å². The van der Waals surface area contributed by atoms with Gasteiger partial charge in [-0.3, -0.25) is 9.59 Å². The summed E-state index contributed by atoms with van der Waals surface area (Å²) in [5.74, 6) is 0.711. The number of piperidine rings is 1. The molecule has 5 heteroatoms. The third kappa shape index (κ3) is 6.60. The summed E-state index contributed by atoms with van der Waals surface area (Å²) in [5, 5.41) is 3.26. The lowest BCUT2D eigenvalue weighted by atomic mass is 9.93. The summed E-state index contributed by atoms with van der Waals surface area (Å²) in [7, 11) is 0. The molecule has 1 fully saturated rings. The molecular weight excluding hydrogens is 436 g/mol. The summed E-state index contributed by atoms with van der Waals surface area (Å²) in [6.07, 6.45) is 4.76. The molecule has 1 aliphatic heterocycles. The minimum Gasteiger partial charge on any atom is -0.494 e. The van der Waals surface area contributed by atoms with Crippen LogP contribution in [0.25, 0.3) is 6.08 Å². The van der Waals surface area contributed by atoms with Crippen molar-refractivity contribution < 1.29 is 14.3 Å². The van der Waals surface area contributed by atoms with E-state index < -0.39 is 0 Å². The average Bonchev–Trinajstić information content (AvgIpc) is 2.92. The molecule has 35 heavy (non-hydrogen) atoms. The number of amides is 2. The molecule has 5 nitrogen and oxygen atoms in total. The normalized spacial score (nSPS) is 15.1. The maximum absolute atomic E-state index is 13.3. The lowest BCUT2D eigenvalue weighted by Crippen LogP contribution is -2.43. The number of rotatable bonds is 8. The zero-order valence-corrected chi connectivity index (χ0v) is 20.1. The quantitative estimate of drug-likeness (QED) is 0.460. The van der Waals surface area contributed by atoms with Gasteiger partial charge in [-0.15, -0.1) is 0 Å². The van der Waals surface area contributed by atoms with Crippen LogP contribution in [0.1, 0.15) is 42.5 Å². The van der Waals surface area contributed by atoms with Gasteiger partial charge < -0.3 is 15.0 Å². The van der Waals surface area contributed by atoms with Crippen molar-refractivity contribution in [3.05, 3.63) is 108 Å². The van der Waals surface area contributed by atoms with E-state index in [1.165, 1.54) is 0 Å². The lowest BCUT2D eigenvalue weighted by Gasteiger charge is -2.32. The molecule has 1 aliphatic rings. The molecule has 180 valence electrons. The Morgan fingerprint density at radius 3 is 2.14 bits per heavy atom. The van der Waals surface area contributed by atoms with Crippen molar-refractivity contribution in [2.24, 2.45) is 5.92 Å². The second-order valence-electron chi connectivity index (χ2n) is 8.70. The summed E-state index contributed by atoms with van der Waals surface area (Å²) in [4.78, 5) is 27.7. The van der Waals surface area contributed by atoms with Crippen LogP contribution >= 0.6 is 0 Å². The molecule has 0 aromatic heterocycles. The van der Waals surface area contributed by atoms with Crippen LogP contribution in [-0.4, -0.2) is 36.4 Å². The number of benzene rings is 3. The number of nitrogens with zero attached hydrogens (tertiary/aromatic N) is 1. The zero-order valence-electron chi connectivity index (χ0n) is 20.1. The summed E-state index contributed by atoms with van der Waals surface area (Å²) in [5.41, 5.74) is 3.03. The molecule has 1 unspecified atom stereocenters. The molecule has 0 spiro atoms. The predicted octanol–water partition coefficient (Wildman–Crippen LogP) is 5.24. The third-order valence-electron chi connectivity index (χ3n) is 6.34. The van der Waals surface area contributed by atoms with Crippen LogP contribution in [0.15, 0.2) is 91.0 Å². The van der Waals surface area contributed by atoms with Gasteiger partial charge >= 0.3 is 0 Å². The second kappa shape index (κ2) is 12.0. The lowest BCUT2D eigenvalue weighted by molar-refractivity contribution is -0.132. The molecule has 0 radical (unpaired) electrons. The molecule has 3 aromatic rings. The van der Waals surface area contributed by atoms with Crippen molar-refractivity contribution in [3.63, 3.8) is 0 Å². The number of ether oxygens (including phenoxy) is 1. The Labute approximate surface area is 207 Å². The topological polar surface area (TPSA) is 58.6 Å². The Hall–Kier alpha value is -3.86. The minimum absolute atomic E-state index is 0.00994. The fraction of sp³-hybridized carbons (Fsp3) is 0.267. The predicted molar refractivity (Wildman–Crippen MR) is 139 cm³/mol.